The van der Waals surface area contributed by atoms with Crippen LogP contribution in [0.3, 0.4) is 0 Å². The third kappa shape index (κ3) is 4.05. The number of furan rings is 1. The predicted octanol–water partition coefficient (Wildman–Crippen LogP) is 4.36. The van der Waals surface area contributed by atoms with Crippen LogP contribution < -0.4 is 14.8 Å². The zero-order chi connectivity index (χ0) is 16.1. The van der Waals surface area contributed by atoms with Crippen molar-refractivity contribution in [2.45, 2.75) is 0 Å². The first-order valence-corrected chi connectivity index (χ1v) is 7.36. The van der Waals surface area contributed by atoms with E-state index in [2.05, 4.69) is 21.2 Å². The summed E-state index contributed by atoms with van der Waals surface area (Å²) in [4.78, 5) is 12.0. The van der Waals surface area contributed by atoms with Crippen molar-refractivity contribution in [1.82, 2.24) is 0 Å². The number of benzene rings is 1. The van der Waals surface area contributed by atoms with Gasteiger partial charge in [-0.3, -0.25) is 4.79 Å². The van der Waals surface area contributed by atoms with E-state index in [9.17, 15) is 4.79 Å². The third-order valence-electron chi connectivity index (χ3n) is 2.72. The minimum atomic E-state index is -0.338. The summed E-state index contributed by atoms with van der Waals surface area (Å²) in [5.74, 6) is 1.10. The second-order valence-corrected chi connectivity index (χ2v) is 5.34. The van der Waals surface area contributed by atoms with Crippen LogP contribution in [0.2, 0.25) is 5.02 Å². The molecular formula is C15H13BrClNO4. The van der Waals surface area contributed by atoms with Gasteiger partial charge < -0.3 is 19.2 Å². The van der Waals surface area contributed by atoms with Gasteiger partial charge in [-0.1, -0.05) is 11.6 Å². The lowest BCUT2D eigenvalue weighted by Crippen LogP contribution is -2.09. The molecule has 116 valence electrons. The molecule has 0 atom stereocenters. The van der Waals surface area contributed by atoms with Crippen LogP contribution in [0.5, 0.6) is 11.5 Å². The lowest BCUT2D eigenvalue weighted by atomic mass is 10.2. The molecule has 0 bridgehead atoms. The number of amides is 1. The Hall–Kier alpha value is -1.92. The van der Waals surface area contributed by atoms with Crippen LogP contribution in [0, 0.1) is 0 Å². The normalized spacial score (nSPS) is 10.7. The molecule has 0 unspecified atom stereocenters. The van der Waals surface area contributed by atoms with E-state index in [1.165, 1.54) is 20.3 Å². The highest BCUT2D eigenvalue weighted by atomic mass is 79.9. The summed E-state index contributed by atoms with van der Waals surface area (Å²) >= 11 is 9.20. The molecule has 1 aromatic carbocycles. The molecule has 0 spiro atoms. The van der Waals surface area contributed by atoms with Crippen LogP contribution in [0.25, 0.3) is 6.08 Å². The van der Waals surface area contributed by atoms with Gasteiger partial charge in [0.1, 0.15) is 17.3 Å². The van der Waals surface area contributed by atoms with Crippen molar-refractivity contribution in [1.29, 1.82) is 0 Å². The van der Waals surface area contributed by atoms with Crippen molar-refractivity contribution in [2.75, 3.05) is 19.5 Å². The average molecular weight is 387 g/mol. The quantitative estimate of drug-likeness (QED) is 0.775. The second kappa shape index (κ2) is 7.38. The molecule has 5 nitrogen and oxygen atoms in total. The van der Waals surface area contributed by atoms with Crippen LogP contribution in [0.15, 0.2) is 39.4 Å². The van der Waals surface area contributed by atoms with Crippen molar-refractivity contribution in [2.24, 2.45) is 0 Å². The Bertz CT molecular complexity index is 712. The summed E-state index contributed by atoms with van der Waals surface area (Å²) in [7, 11) is 2.98. The highest BCUT2D eigenvalue weighted by Crippen LogP contribution is 2.35. The molecule has 2 aromatic rings. The lowest BCUT2D eigenvalue weighted by Gasteiger charge is -2.12. The van der Waals surface area contributed by atoms with Crippen molar-refractivity contribution >= 4 is 45.2 Å². The Kier molecular flexibility index (Phi) is 5.51. The summed E-state index contributed by atoms with van der Waals surface area (Å²) < 4.78 is 16.2. The minimum Gasteiger partial charge on any atom is -0.495 e. The molecular weight excluding hydrogens is 374 g/mol. The highest BCUT2D eigenvalue weighted by Gasteiger charge is 2.11. The molecule has 1 N–H and O–H groups in total. The van der Waals surface area contributed by atoms with Crippen LogP contribution >= 0.6 is 27.5 Å². The van der Waals surface area contributed by atoms with E-state index < -0.39 is 0 Å². The highest BCUT2D eigenvalue weighted by molar-refractivity contribution is 9.10. The molecule has 1 heterocycles. The predicted molar refractivity (Wildman–Crippen MR) is 88.6 cm³/mol. The van der Waals surface area contributed by atoms with Crippen LogP contribution in [-0.4, -0.2) is 20.1 Å². The number of carbonyl (C=O) groups is 1. The number of anilines is 1. The first kappa shape index (κ1) is 16.5. The molecule has 1 aromatic heterocycles. The number of rotatable bonds is 5. The van der Waals surface area contributed by atoms with Gasteiger partial charge in [-0.15, -0.1) is 0 Å². The van der Waals surface area contributed by atoms with E-state index in [1.807, 2.05) is 0 Å². The van der Waals surface area contributed by atoms with Gasteiger partial charge >= 0.3 is 0 Å². The van der Waals surface area contributed by atoms with Gasteiger partial charge in [0.25, 0.3) is 0 Å². The van der Waals surface area contributed by atoms with Gasteiger partial charge in [0, 0.05) is 18.2 Å². The monoisotopic (exact) mass is 385 g/mol. The van der Waals surface area contributed by atoms with Crippen molar-refractivity contribution in [3.8, 4) is 11.5 Å². The number of carbonyl (C=O) groups excluding carboxylic acids is 1. The second-order valence-electron chi connectivity index (χ2n) is 4.15. The fraction of sp³-hybridized carbons (Fsp3) is 0.133. The van der Waals surface area contributed by atoms with E-state index in [1.54, 1.807) is 30.3 Å². The molecule has 7 heteroatoms. The maximum absolute atomic E-state index is 12.0. The number of ether oxygens (including phenoxy) is 2. The first-order chi connectivity index (χ1) is 10.5. The molecule has 1 amide bonds. The Labute approximate surface area is 141 Å². The van der Waals surface area contributed by atoms with Crippen LogP contribution in [0.1, 0.15) is 5.76 Å². The van der Waals surface area contributed by atoms with Crippen LogP contribution in [-0.2, 0) is 4.79 Å². The summed E-state index contributed by atoms with van der Waals surface area (Å²) in [6.45, 7) is 0. The molecule has 0 fully saturated rings. The fourth-order valence-corrected chi connectivity index (χ4v) is 2.26. The molecule has 0 aliphatic heterocycles. The maximum atomic E-state index is 12.0. The number of hydrogen-bond donors (Lipinski definition) is 1. The van der Waals surface area contributed by atoms with E-state index in [0.717, 1.165) is 0 Å². The van der Waals surface area contributed by atoms with Gasteiger partial charge in [0.2, 0.25) is 5.91 Å². The first-order valence-electron chi connectivity index (χ1n) is 6.19. The summed E-state index contributed by atoms with van der Waals surface area (Å²) in [6.07, 6.45) is 2.91. The Morgan fingerprint density at radius 3 is 2.59 bits per heavy atom. The molecule has 0 radical (unpaired) electrons. The fourth-order valence-electron chi connectivity index (χ4n) is 1.71. The zero-order valence-corrected chi connectivity index (χ0v) is 14.2. The number of nitrogens with one attached hydrogen (secondary N) is 1. The molecule has 0 aliphatic carbocycles. The summed E-state index contributed by atoms with van der Waals surface area (Å²) in [6, 6.07) is 6.64. The smallest absolute Gasteiger partial charge is 0.248 e. The summed E-state index contributed by atoms with van der Waals surface area (Å²) in [5.41, 5.74) is 0.457. The molecule has 2 rings (SSSR count). The average Bonchev–Trinajstić information content (AvgIpc) is 2.92. The number of methoxy groups -OCH3 is 2. The minimum absolute atomic E-state index is 0.338. The van der Waals surface area contributed by atoms with E-state index in [-0.39, 0.29) is 5.91 Å². The van der Waals surface area contributed by atoms with Crippen molar-refractivity contribution in [3.05, 3.63) is 45.8 Å². The maximum Gasteiger partial charge on any atom is 0.248 e. The van der Waals surface area contributed by atoms with Gasteiger partial charge in [0.15, 0.2) is 4.67 Å². The third-order valence-corrected chi connectivity index (χ3v) is 3.45. The Morgan fingerprint density at radius 1 is 1.27 bits per heavy atom. The van der Waals surface area contributed by atoms with Gasteiger partial charge in [-0.2, -0.15) is 0 Å². The molecule has 0 saturated heterocycles. The Morgan fingerprint density at radius 2 is 2.00 bits per heavy atom. The van der Waals surface area contributed by atoms with E-state index in [0.29, 0.717) is 32.6 Å². The van der Waals surface area contributed by atoms with E-state index >= 15 is 0 Å². The van der Waals surface area contributed by atoms with Gasteiger partial charge in [0.05, 0.1) is 24.9 Å². The standard InChI is InChI=1S/C15H13BrClNO4/c1-20-12-8-11(13(21-2)7-10(12)17)18-15(19)6-4-9-3-5-14(16)22-9/h3-8H,1-2H3,(H,18,19)/b6-4+. The van der Waals surface area contributed by atoms with Crippen molar-refractivity contribution in [3.63, 3.8) is 0 Å². The largest absolute Gasteiger partial charge is 0.495 e. The van der Waals surface area contributed by atoms with E-state index in [4.69, 9.17) is 25.5 Å². The molecule has 22 heavy (non-hydrogen) atoms. The molecule has 0 aliphatic rings. The molecule has 0 saturated carbocycles. The Balaban J connectivity index is 2.15. The number of hydrogen-bond acceptors (Lipinski definition) is 4. The van der Waals surface area contributed by atoms with Gasteiger partial charge in [-0.25, -0.2) is 0 Å². The topological polar surface area (TPSA) is 60.7 Å². The van der Waals surface area contributed by atoms with Crippen molar-refractivity contribution < 1.29 is 18.7 Å². The zero-order valence-electron chi connectivity index (χ0n) is 11.9. The number of halogens is 2. The lowest BCUT2D eigenvalue weighted by molar-refractivity contribution is -0.111. The summed E-state index contributed by atoms with van der Waals surface area (Å²) in [5, 5.41) is 3.09. The SMILES string of the molecule is COc1cc(NC(=O)/C=C/c2ccc(Br)o2)c(OC)cc1Cl. The van der Waals surface area contributed by atoms with Crippen LogP contribution in [0.4, 0.5) is 5.69 Å². The van der Waals surface area contributed by atoms with Gasteiger partial charge in [-0.05, 0) is 34.1 Å².